The van der Waals surface area contributed by atoms with Gasteiger partial charge in [-0.1, -0.05) is 30.3 Å². The molecule has 2 aliphatic heterocycles. The van der Waals surface area contributed by atoms with Crippen LogP contribution in [0.15, 0.2) is 36.5 Å². The summed E-state index contributed by atoms with van der Waals surface area (Å²) in [5.41, 5.74) is 3.23. The second kappa shape index (κ2) is 7.40. The molecule has 2 aromatic rings. The Morgan fingerprint density at radius 3 is 2.96 bits per heavy atom. The molecule has 0 radical (unpaired) electrons. The van der Waals surface area contributed by atoms with Crippen LogP contribution >= 0.6 is 0 Å². The van der Waals surface area contributed by atoms with Gasteiger partial charge in [-0.05, 0) is 37.7 Å². The molecule has 25 heavy (non-hydrogen) atoms. The van der Waals surface area contributed by atoms with E-state index in [-0.39, 0.29) is 12.0 Å². The number of nitrogens with zero attached hydrogens (tertiary/aromatic N) is 3. The Morgan fingerprint density at radius 2 is 2.08 bits per heavy atom. The Balaban J connectivity index is 1.39. The van der Waals surface area contributed by atoms with Crippen molar-refractivity contribution in [1.29, 1.82) is 0 Å². The lowest BCUT2D eigenvalue weighted by Gasteiger charge is -2.33. The Kier molecular flexibility index (Phi) is 4.83. The Bertz CT molecular complexity index is 726. The fourth-order valence-electron chi connectivity index (χ4n) is 3.82. The number of carbonyl (C=O) groups is 1. The Morgan fingerprint density at radius 1 is 1.20 bits per heavy atom. The summed E-state index contributed by atoms with van der Waals surface area (Å²) in [4.78, 5) is 14.9. The van der Waals surface area contributed by atoms with Gasteiger partial charge in [0.05, 0.1) is 30.2 Å². The van der Waals surface area contributed by atoms with Crippen LogP contribution in [0.1, 0.15) is 40.9 Å². The number of aryl methyl sites for hydroxylation is 2. The molecular formula is C20H25N3O2. The lowest BCUT2D eigenvalue weighted by Crippen LogP contribution is -2.46. The average molecular weight is 339 g/mol. The van der Waals surface area contributed by atoms with Crippen LogP contribution in [0.5, 0.6) is 0 Å². The molecular weight excluding hydrogens is 314 g/mol. The number of amides is 1. The minimum Gasteiger partial charge on any atom is -0.375 e. The minimum absolute atomic E-state index is 0.115. The highest BCUT2D eigenvalue weighted by Gasteiger charge is 2.28. The van der Waals surface area contributed by atoms with Crippen LogP contribution in [0, 0.1) is 0 Å². The summed E-state index contributed by atoms with van der Waals surface area (Å²) < 4.78 is 7.90. The van der Waals surface area contributed by atoms with Gasteiger partial charge in [0.1, 0.15) is 0 Å². The first kappa shape index (κ1) is 16.3. The minimum atomic E-state index is 0.115. The second-order valence-corrected chi connectivity index (χ2v) is 6.95. The van der Waals surface area contributed by atoms with Crippen molar-refractivity contribution in [3.05, 3.63) is 53.3 Å². The van der Waals surface area contributed by atoms with Crippen molar-refractivity contribution in [3.8, 4) is 0 Å². The highest BCUT2D eigenvalue weighted by molar-refractivity contribution is 5.95. The molecule has 5 nitrogen and oxygen atoms in total. The van der Waals surface area contributed by atoms with E-state index in [4.69, 9.17) is 4.74 Å². The number of aromatic nitrogens is 2. The van der Waals surface area contributed by atoms with E-state index >= 15 is 0 Å². The number of ether oxygens (including phenoxy) is 1. The zero-order valence-electron chi connectivity index (χ0n) is 14.6. The van der Waals surface area contributed by atoms with E-state index in [2.05, 4.69) is 29.4 Å². The number of rotatable bonds is 4. The van der Waals surface area contributed by atoms with Gasteiger partial charge < -0.3 is 9.64 Å². The Labute approximate surface area is 148 Å². The number of fused-ring (bicyclic) bond motifs is 1. The first-order valence-corrected chi connectivity index (χ1v) is 9.31. The summed E-state index contributed by atoms with van der Waals surface area (Å²) in [5, 5.41) is 4.41. The summed E-state index contributed by atoms with van der Waals surface area (Å²) in [6, 6.07) is 10.5. The number of morpholine rings is 1. The normalized spacial score (nSPS) is 20.3. The van der Waals surface area contributed by atoms with Gasteiger partial charge in [-0.15, -0.1) is 0 Å². The maximum absolute atomic E-state index is 13.0. The van der Waals surface area contributed by atoms with E-state index in [9.17, 15) is 4.79 Å². The fourth-order valence-corrected chi connectivity index (χ4v) is 3.82. The number of carbonyl (C=O) groups excluding carboxylic acids is 1. The third-order valence-electron chi connectivity index (χ3n) is 5.24. The van der Waals surface area contributed by atoms with E-state index in [1.165, 1.54) is 5.56 Å². The van der Waals surface area contributed by atoms with Crippen LogP contribution in [0.2, 0.25) is 0 Å². The first-order chi connectivity index (χ1) is 12.3. The molecule has 0 bridgehead atoms. The van der Waals surface area contributed by atoms with Gasteiger partial charge in [-0.2, -0.15) is 5.10 Å². The van der Waals surface area contributed by atoms with Crippen LogP contribution in [0.3, 0.4) is 0 Å². The van der Waals surface area contributed by atoms with Crippen molar-refractivity contribution in [2.24, 2.45) is 0 Å². The predicted molar refractivity (Wildman–Crippen MR) is 95.6 cm³/mol. The van der Waals surface area contributed by atoms with Crippen LogP contribution in [0.25, 0.3) is 0 Å². The van der Waals surface area contributed by atoms with Gasteiger partial charge in [-0.3, -0.25) is 9.48 Å². The SMILES string of the molecule is O=C(c1cnn2c1CCCC2)N1CCO[C@@H](CCc2ccccc2)C1. The zero-order valence-corrected chi connectivity index (χ0v) is 14.6. The lowest BCUT2D eigenvalue weighted by atomic mass is 10.0. The topological polar surface area (TPSA) is 47.4 Å². The number of hydrogen-bond acceptors (Lipinski definition) is 3. The van der Waals surface area contributed by atoms with Crippen molar-refractivity contribution in [3.63, 3.8) is 0 Å². The van der Waals surface area contributed by atoms with Crippen LogP contribution in [0.4, 0.5) is 0 Å². The summed E-state index contributed by atoms with van der Waals surface area (Å²) in [5.74, 6) is 0.121. The molecule has 1 aromatic carbocycles. The van der Waals surface area contributed by atoms with Crippen LogP contribution in [-0.4, -0.2) is 46.4 Å². The summed E-state index contributed by atoms with van der Waals surface area (Å²) >= 11 is 0. The first-order valence-electron chi connectivity index (χ1n) is 9.31. The van der Waals surface area contributed by atoms with Gasteiger partial charge in [0.25, 0.3) is 5.91 Å². The standard InChI is InChI=1S/C20H25N3O2/c24-20(18-14-21-23-11-5-4-8-19(18)23)22-12-13-25-17(15-22)10-9-16-6-2-1-3-7-16/h1-3,6-7,14,17H,4-5,8-13,15H2/t17-/m0/s1. The van der Waals surface area contributed by atoms with E-state index in [0.29, 0.717) is 19.7 Å². The van der Waals surface area contributed by atoms with Crippen molar-refractivity contribution in [2.45, 2.75) is 44.8 Å². The molecule has 5 heteroatoms. The smallest absolute Gasteiger partial charge is 0.257 e. The van der Waals surface area contributed by atoms with Crippen LogP contribution < -0.4 is 0 Å². The molecule has 132 valence electrons. The van der Waals surface area contributed by atoms with Gasteiger partial charge in [0.15, 0.2) is 0 Å². The molecule has 0 saturated carbocycles. The molecule has 1 fully saturated rings. The maximum Gasteiger partial charge on any atom is 0.257 e. The van der Waals surface area contributed by atoms with Crippen molar-refractivity contribution < 1.29 is 9.53 Å². The molecule has 0 aliphatic carbocycles. The molecule has 1 amide bonds. The third kappa shape index (κ3) is 3.61. The van der Waals surface area contributed by atoms with E-state index in [0.717, 1.165) is 49.9 Å². The third-order valence-corrected chi connectivity index (χ3v) is 5.24. The monoisotopic (exact) mass is 339 g/mol. The summed E-state index contributed by atoms with van der Waals surface area (Å²) in [6.07, 6.45) is 7.07. The van der Waals surface area contributed by atoms with E-state index in [1.54, 1.807) is 6.20 Å². The Hall–Kier alpha value is -2.14. The summed E-state index contributed by atoms with van der Waals surface area (Å²) in [6.45, 7) is 2.90. The molecule has 2 aliphatic rings. The molecule has 3 heterocycles. The van der Waals surface area contributed by atoms with Crippen LogP contribution in [-0.2, 0) is 24.1 Å². The van der Waals surface area contributed by atoms with Gasteiger partial charge in [-0.25, -0.2) is 0 Å². The largest absolute Gasteiger partial charge is 0.375 e. The predicted octanol–water partition coefficient (Wildman–Crippen LogP) is 2.69. The van der Waals surface area contributed by atoms with Gasteiger partial charge >= 0.3 is 0 Å². The second-order valence-electron chi connectivity index (χ2n) is 6.95. The zero-order chi connectivity index (χ0) is 17.1. The highest BCUT2D eigenvalue weighted by atomic mass is 16.5. The number of benzene rings is 1. The molecule has 4 rings (SSSR count). The molecule has 1 saturated heterocycles. The highest BCUT2D eigenvalue weighted by Crippen LogP contribution is 2.21. The molecule has 0 unspecified atom stereocenters. The van der Waals surface area contributed by atoms with Crippen molar-refractivity contribution in [1.82, 2.24) is 14.7 Å². The molecule has 0 N–H and O–H groups in total. The summed E-state index contributed by atoms with van der Waals surface area (Å²) in [7, 11) is 0. The lowest BCUT2D eigenvalue weighted by molar-refractivity contribution is -0.0246. The van der Waals surface area contributed by atoms with Crippen molar-refractivity contribution >= 4 is 5.91 Å². The fraction of sp³-hybridized carbons (Fsp3) is 0.500. The van der Waals surface area contributed by atoms with E-state index < -0.39 is 0 Å². The molecule has 1 aromatic heterocycles. The van der Waals surface area contributed by atoms with Crippen molar-refractivity contribution in [2.75, 3.05) is 19.7 Å². The van der Waals surface area contributed by atoms with Gasteiger partial charge in [0, 0.05) is 19.6 Å². The number of hydrogen-bond donors (Lipinski definition) is 0. The quantitative estimate of drug-likeness (QED) is 0.860. The maximum atomic E-state index is 13.0. The average Bonchev–Trinajstić information content (AvgIpc) is 3.11. The molecule has 1 atom stereocenters. The molecule has 0 spiro atoms. The van der Waals surface area contributed by atoms with E-state index in [1.807, 2.05) is 15.6 Å². The van der Waals surface area contributed by atoms with Gasteiger partial charge in [0.2, 0.25) is 0 Å².